The number of ether oxygens (including phenoxy) is 1. The second-order valence-electron chi connectivity index (χ2n) is 6.48. The van der Waals surface area contributed by atoms with Gasteiger partial charge < -0.3 is 4.74 Å². The average Bonchev–Trinajstić information content (AvgIpc) is 2.55. The molecule has 0 saturated carbocycles. The zero-order chi connectivity index (χ0) is 16.7. The summed E-state index contributed by atoms with van der Waals surface area (Å²) in [4.78, 5) is 0. The molecule has 2 rings (SSSR count). The molecule has 23 heavy (non-hydrogen) atoms. The molecule has 0 fully saturated rings. The van der Waals surface area contributed by atoms with Gasteiger partial charge in [-0.25, -0.2) is 0 Å². The molecule has 0 aliphatic carbocycles. The van der Waals surface area contributed by atoms with Crippen LogP contribution in [0.3, 0.4) is 0 Å². The maximum Gasteiger partial charge on any atom is 0.119 e. The minimum atomic E-state index is 0.176. The molecule has 2 nitrogen and oxygen atoms in total. The van der Waals surface area contributed by atoms with E-state index in [1.807, 2.05) is 48.2 Å². The first-order valence-electron chi connectivity index (χ1n) is 7.79. The van der Waals surface area contributed by atoms with E-state index < -0.39 is 0 Å². The Labute approximate surface area is 143 Å². The molecule has 0 heterocycles. The molecule has 2 aromatic rings. The van der Waals surface area contributed by atoms with Crippen LogP contribution in [0.15, 0.2) is 48.5 Å². The van der Waals surface area contributed by atoms with Crippen LogP contribution in [-0.2, 0) is 11.2 Å². The van der Waals surface area contributed by atoms with Crippen molar-refractivity contribution in [3.8, 4) is 11.8 Å². The van der Waals surface area contributed by atoms with Gasteiger partial charge in [0.1, 0.15) is 5.75 Å². The third kappa shape index (κ3) is 5.65. The molecule has 0 aromatic heterocycles. The second-order valence-corrected chi connectivity index (χ2v) is 7.59. The normalized spacial score (nSPS) is 11.0. The average molecular weight is 325 g/mol. The van der Waals surface area contributed by atoms with Gasteiger partial charge in [0, 0.05) is 11.5 Å². The van der Waals surface area contributed by atoms with E-state index >= 15 is 0 Å². The van der Waals surface area contributed by atoms with Crippen molar-refractivity contribution in [3.63, 3.8) is 0 Å². The number of nitriles is 1. The highest BCUT2D eigenvalue weighted by Crippen LogP contribution is 2.24. The maximum atomic E-state index is 8.77. The van der Waals surface area contributed by atoms with E-state index in [-0.39, 0.29) is 5.41 Å². The summed E-state index contributed by atoms with van der Waals surface area (Å²) in [6.45, 7) is 7.34. The zero-order valence-electron chi connectivity index (χ0n) is 14.0. The molecule has 2 aromatic carbocycles. The van der Waals surface area contributed by atoms with E-state index in [0.717, 1.165) is 17.3 Å². The summed E-state index contributed by atoms with van der Waals surface area (Å²) >= 11 is 1.84. The van der Waals surface area contributed by atoms with Crippen LogP contribution in [0.5, 0.6) is 5.75 Å². The fourth-order valence-electron chi connectivity index (χ4n) is 2.14. The summed E-state index contributed by atoms with van der Waals surface area (Å²) in [5.41, 5.74) is 3.44. The molecule has 0 bridgehead atoms. The predicted molar refractivity (Wildman–Crippen MR) is 98.0 cm³/mol. The molecular formula is C20H23NOS. The molecule has 0 saturated heterocycles. The summed E-state index contributed by atoms with van der Waals surface area (Å²) in [5.74, 6) is 2.82. The number of rotatable bonds is 6. The minimum Gasteiger partial charge on any atom is -0.493 e. The molecule has 0 radical (unpaired) electrons. The van der Waals surface area contributed by atoms with Gasteiger partial charge in [-0.2, -0.15) is 17.0 Å². The number of hydrogen-bond acceptors (Lipinski definition) is 3. The number of benzene rings is 2. The molecule has 0 amide bonds. The Morgan fingerprint density at radius 2 is 1.65 bits per heavy atom. The largest absolute Gasteiger partial charge is 0.493 e. The lowest BCUT2D eigenvalue weighted by molar-refractivity contribution is 0.343. The van der Waals surface area contributed by atoms with Gasteiger partial charge in [-0.1, -0.05) is 45.0 Å². The lowest BCUT2D eigenvalue weighted by atomic mass is 9.87. The van der Waals surface area contributed by atoms with Gasteiger partial charge in [0.05, 0.1) is 18.2 Å². The monoisotopic (exact) mass is 325 g/mol. The Balaban J connectivity index is 1.70. The Bertz CT molecular complexity index is 648. The van der Waals surface area contributed by atoms with Gasteiger partial charge in [-0.3, -0.25) is 0 Å². The Morgan fingerprint density at radius 1 is 1.00 bits per heavy atom. The smallest absolute Gasteiger partial charge is 0.119 e. The fourth-order valence-corrected chi connectivity index (χ4v) is 2.91. The van der Waals surface area contributed by atoms with Crippen LogP contribution in [0.1, 0.15) is 37.5 Å². The van der Waals surface area contributed by atoms with Gasteiger partial charge in [-0.15, -0.1) is 0 Å². The number of nitrogens with zero attached hydrogens (tertiary/aromatic N) is 1. The van der Waals surface area contributed by atoms with Crippen molar-refractivity contribution in [1.82, 2.24) is 0 Å². The topological polar surface area (TPSA) is 33.0 Å². The Hall–Kier alpha value is -1.92. The van der Waals surface area contributed by atoms with E-state index in [1.54, 1.807) is 0 Å². The SMILES string of the molecule is CC(C)(C)c1ccc(OCCSCc2ccc(C#N)cc2)cc1. The van der Waals surface area contributed by atoms with Crippen LogP contribution in [0.4, 0.5) is 0 Å². The summed E-state index contributed by atoms with van der Waals surface area (Å²) in [5, 5.41) is 8.77. The third-order valence-corrected chi connectivity index (χ3v) is 4.56. The van der Waals surface area contributed by atoms with E-state index in [1.165, 1.54) is 11.1 Å². The highest BCUT2D eigenvalue weighted by Gasteiger charge is 2.12. The van der Waals surface area contributed by atoms with Crippen LogP contribution in [0, 0.1) is 11.3 Å². The lowest BCUT2D eigenvalue weighted by Gasteiger charge is -2.19. The van der Waals surface area contributed by atoms with E-state index in [9.17, 15) is 0 Å². The second kappa shape index (κ2) is 8.08. The van der Waals surface area contributed by atoms with Crippen molar-refractivity contribution in [2.75, 3.05) is 12.4 Å². The van der Waals surface area contributed by atoms with Crippen LogP contribution < -0.4 is 4.74 Å². The van der Waals surface area contributed by atoms with Crippen LogP contribution in [0.2, 0.25) is 0 Å². The van der Waals surface area contributed by atoms with Crippen molar-refractivity contribution in [1.29, 1.82) is 5.26 Å². The predicted octanol–water partition coefficient (Wildman–Crippen LogP) is 5.17. The van der Waals surface area contributed by atoms with Gasteiger partial charge in [0.25, 0.3) is 0 Å². The Kier molecular flexibility index (Phi) is 6.12. The molecule has 3 heteroatoms. The molecule has 0 atom stereocenters. The summed E-state index contributed by atoms with van der Waals surface area (Å²) in [7, 11) is 0. The molecule has 120 valence electrons. The first-order valence-corrected chi connectivity index (χ1v) is 8.94. The van der Waals surface area contributed by atoms with Crippen molar-refractivity contribution < 1.29 is 4.74 Å². The molecule has 0 aliphatic rings. The maximum absolute atomic E-state index is 8.77. The van der Waals surface area contributed by atoms with Crippen LogP contribution in [-0.4, -0.2) is 12.4 Å². The van der Waals surface area contributed by atoms with Crippen LogP contribution >= 0.6 is 11.8 Å². The van der Waals surface area contributed by atoms with Crippen molar-refractivity contribution in [3.05, 3.63) is 65.2 Å². The van der Waals surface area contributed by atoms with Gasteiger partial charge in [-0.05, 0) is 40.8 Å². The fraction of sp³-hybridized carbons (Fsp3) is 0.350. The summed E-state index contributed by atoms with van der Waals surface area (Å²) in [6, 6.07) is 18.3. The molecule has 0 aliphatic heterocycles. The summed E-state index contributed by atoms with van der Waals surface area (Å²) in [6.07, 6.45) is 0. The van der Waals surface area contributed by atoms with E-state index in [4.69, 9.17) is 10.00 Å². The lowest BCUT2D eigenvalue weighted by Crippen LogP contribution is -2.10. The first-order chi connectivity index (χ1) is 11.0. The number of thioether (sulfide) groups is 1. The van der Waals surface area contributed by atoms with Gasteiger partial charge in [0.2, 0.25) is 0 Å². The molecule has 0 N–H and O–H groups in total. The van der Waals surface area contributed by atoms with Crippen molar-refractivity contribution in [2.45, 2.75) is 31.9 Å². The van der Waals surface area contributed by atoms with E-state index in [2.05, 4.69) is 39.0 Å². The highest BCUT2D eigenvalue weighted by molar-refractivity contribution is 7.98. The zero-order valence-corrected chi connectivity index (χ0v) is 14.8. The van der Waals surface area contributed by atoms with Gasteiger partial charge >= 0.3 is 0 Å². The summed E-state index contributed by atoms with van der Waals surface area (Å²) < 4.78 is 5.78. The van der Waals surface area contributed by atoms with Crippen molar-refractivity contribution >= 4 is 11.8 Å². The Morgan fingerprint density at radius 3 is 2.22 bits per heavy atom. The number of hydrogen-bond donors (Lipinski definition) is 0. The highest BCUT2D eigenvalue weighted by atomic mass is 32.2. The quantitative estimate of drug-likeness (QED) is 0.687. The van der Waals surface area contributed by atoms with Gasteiger partial charge in [0.15, 0.2) is 0 Å². The first kappa shape index (κ1) is 17.4. The molecular weight excluding hydrogens is 302 g/mol. The molecule has 0 unspecified atom stereocenters. The minimum absolute atomic E-state index is 0.176. The van der Waals surface area contributed by atoms with E-state index in [0.29, 0.717) is 12.2 Å². The third-order valence-electron chi connectivity index (χ3n) is 3.57. The molecule has 0 spiro atoms. The standard InChI is InChI=1S/C20H23NOS/c1-20(2,3)18-8-10-19(11-9-18)22-12-13-23-15-17-6-4-16(14-21)5-7-17/h4-11H,12-13,15H2,1-3H3. The van der Waals surface area contributed by atoms with Crippen molar-refractivity contribution in [2.24, 2.45) is 0 Å². The van der Waals surface area contributed by atoms with Crippen LogP contribution in [0.25, 0.3) is 0 Å².